The van der Waals surface area contributed by atoms with Crippen LogP contribution in [0.5, 0.6) is 0 Å². The van der Waals surface area contributed by atoms with Gasteiger partial charge in [-0.3, -0.25) is 0 Å². The fourth-order valence-corrected chi connectivity index (χ4v) is 3.75. The van der Waals surface area contributed by atoms with Crippen LogP contribution in [0, 0.1) is 0 Å². The zero-order valence-corrected chi connectivity index (χ0v) is 13.0. The van der Waals surface area contributed by atoms with Gasteiger partial charge in [-0.2, -0.15) is 11.8 Å². The van der Waals surface area contributed by atoms with E-state index in [1.165, 1.54) is 27.8 Å². The molecule has 17 heavy (non-hydrogen) atoms. The molecule has 0 unspecified atom stereocenters. The Balaban J connectivity index is 2.80. The van der Waals surface area contributed by atoms with Gasteiger partial charge in [0.05, 0.1) is 5.69 Å². The van der Waals surface area contributed by atoms with Crippen LogP contribution >= 0.6 is 23.1 Å². The second-order valence-electron chi connectivity index (χ2n) is 4.91. The van der Waals surface area contributed by atoms with Crippen molar-refractivity contribution in [2.24, 2.45) is 5.73 Å². The summed E-state index contributed by atoms with van der Waals surface area (Å²) in [5, 5.41) is 1.24. The van der Waals surface area contributed by atoms with Crippen molar-refractivity contribution in [1.29, 1.82) is 0 Å². The first-order valence-corrected chi connectivity index (χ1v) is 8.31. The number of hydrogen-bond acceptors (Lipinski definition) is 4. The minimum atomic E-state index is -0.254. The largest absolute Gasteiger partial charge is 0.321 e. The van der Waals surface area contributed by atoms with Gasteiger partial charge in [0.1, 0.15) is 5.01 Å². The fraction of sp³-hybridized carbons (Fsp3) is 0.769. The average Bonchev–Trinajstić information content (AvgIpc) is 2.62. The van der Waals surface area contributed by atoms with Gasteiger partial charge >= 0.3 is 0 Å². The summed E-state index contributed by atoms with van der Waals surface area (Å²) in [6, 6.07) is 0. The van der Waals surface area contributed by atoms with E-state index in [-0.39, 0.29) is 5.54 Å². The van der Waals surface area contributed by atoms with Crippen LogP contribution in [0.3, 0.4) is 0 Å². The van der Waals surface area contributed by atoms with Crippen LogP contribution in [-0.4, -0.2) is 10.7 Å². The Morgan fingerprint density at radius 3 is 2.53 bits per heavy atom. The second-order valence-corrected chi connectivity index (χ2v) is 7.10. The van der Waals surface area contributed by atoms with Crippen LogP contribution in [0.1, 0.15) is 56.1 Å². The van der Waals surface area contributed by atoms with Crippen LogP contribution in [0.25, 0.3) is 0 Å². The van der Waals surface area contributed by atoms with Gasteiger partial charge in [0.15, 0.2) is 0 Å². The highest BCUT2D eigenvalue weighted by atomic mass is 32.2. The average molecular weight is 272 g/mol. The summed E-state index contributed by atoms with van der Waals surface area (Å²) < 4.78 is 0. The standard InChI is InChI=1S/C13H24N2S2/c1-5-7-10-12(13(3,4)14)17-11(15-10)9-16-8-6-2/h5-9,14H2,1-4H3. The maximum atomic E-state index is 6.22. The van der Waals surface area contributed by atoms with Gasteiger partial charge < -0.3 is 5.73 Å². The Hall–Kier alpha value is -0.0600. The van der Waals surface area contributed by atoms with E-state index in [1.54, 1.807) is 11.3 Å². The predicted octanol–water partition coefficient (Wildman–Crippen LogP) is 3.93. The number of thioether (sulfide) groups is 1. The lowest BCUT2D eigenvalue weighted by molar-refractivity contribution is 0.557. The molecule has 2 nitrogen and oxygen atoms in total. The Bertz CT molecular complexity index is 340. The normalized spacial score (nSPS) is 12.1. The zero-order valence-electron chi connectivity index (χ0n) is 11.4. The van der Waals surface area contributed by atoms with Crippen molar-refractivity contribution in [2.45, 2.75) is 58.2 Å². The van der Waals surface area contributed by atoms with E-state index in [0.29, 0.717) is 0 Å². The van der Waals surface area contributed by atoms with Crippen molar-refractivity contribution in [3.8, 4) is 0 Å². The van der Waals surface area contributed by atoms with Crippen molar-refractivity contribution in [1.82, 2.24) is 4.98 Å². The second kappa shape index (κ2) is 6.76. The van der Waals surface area contributed by atoms with Crippen molar-refractivity contribution in [3.05, 3.63) is 15.6 Å². The Kier molecular flexibility index (Phi) is 5.97. The maximum Gasteiger partial charge on any atom is 0.103 e. The summed E-state index contributed by atoms with van der Waals surface area (Å²) in [5.41, 5.74) is 7.19. The Labute approximate surface area is 113 Å². The molecule has 98 valence electrons. The number of nitrogens with two attached hydrogens (primary N) is 1. The van der Waals surface area contributed by atoms with Crippen molar-refractivity contribution in [2.75, 3.05) is 5.75 Å². The molecule has 0 aliphatic carbocycles. The van der Waals surface area contributed by atoms with E-state index in [4.69, 9.17) is 10.7 Å². The number of aromatic nitrogens is 1. The summed E-state index contributed by atoms with van der Waals surface area (Å²) in [7, 11) is 0. The summed E-state index contributed by atoms with van der Waals surface area (Å²) in [5.74, 6) is 2.25. The molecule has 0 aliphatic heterocycles. The van der Waals surface area contributed by atoms with Crippen LogP contribution in [0.4, 0.5) is 0 Å². The number of nitrogens with zero attached hydrogens (tertiary/aromatic N) is 1. The predicted molar refractivity (Wildman–Crippen MR) is 79.8 cm³/mol. The summed E-state index contributed by atoms with van der Waals surface area (Å²) >= 11 is 3.76. The molecular formula is C13H24N2S2. The van der Waals surface area contributed by atoms with Gasteiger partial charge in [0.2, 0.25) is 0 Å². The molecule has 0 amide bonds. The summed E-state index contributed by atoms with van der Waals surface area (Å²) in [4.78, 5) is 6.03. The molecule has 0 aromatic carbocycles. The first kappa shape index (κ1) is 15.0. The van der Waals surface area contributed by atoms with E-state index >= 15 is 0 Å². The third-order valence-corrected chi connectivity index (χ3v) is 5.18. The molecule has 1 aromatic heterocycles. The van der Waals surface area contributed by atoms with Gasteiger partial charge in [-0.25, -0.2) is 4.98 Å². The molecule has 0 radical (unpaired) electrons. The molecule has 0 spiro atoms. The third kappa shape index (κ3) is 4.60. The van der Waals surface area contributed by atoms with Crippen LogP contribution in [0.2, 0.25) is 0 Å². The lowest BCUT2D eigenvalue weighted by atomic mass is 10.0. The molecule has 4 heteroatoms. The maximum absolute atomic E-state index is 6.22. The summed E-state index contributed by atoms with van der Waals surface area (Å²) in [6.07, 6.45) is 3.41. The van der Waals surface area contributed by atoms with E-state index < -0.39 is 0 Å². The molecule has 0 bridgehead atoms. The van der Waals surface area contributed by atoms with E-state index in [1.807, 2.05) is 11.8 Å². The summed E-state index contributed by atoms with van der Waals surface area (Å²) in [6.45, 7) is 8.55. The van der Waals surface area contributed by atoms with Crippen LogP contribution in [-0.2, 0) is 17.7 Å². The van der Waals surface area contributed by atoms with Gasteiger partial charge in [0.25, 0.3) is 0 Å². The zero-order chi connectivity index (χ0) is 12.9. The molecule has 0 atom stereocenters. The first-order valence-electron chi connectivity index (χ1n) is 6.34. The van der Waals surface area contributed by atoms with Gasteiger partial charge in [0, 0.05) is 16.2 Å². The first-order chi connectivity index (χ1) is 7.99. The number of hydrogen-bond donors (Lipinski definition) is 1. The molecular weight excluding hydrogens is 248 g/mol. The van der Waals surface area contributed by atoms with Gasteiger partial charge in [-0.1, -0.05) is 20.3 Å². The van der Waals surface area contributed by atoms with E-state index in [0.717, 1.165) is 18.6 Å². The molecule has 1 rings (SSSR count). The lowest BCUT2D eigenvalue weighted by Gasteiger charge is -2.17. The molecule has 0 aliphatic rings. The van der Waals surface area contributed by atoms with Crippen molar-refractivity contribution < 1.29 is 0 Å². The van der Waals surface area contributed by atoms with E-state index in [9.17, 15) is 0 Å². The number of rotatable bonds is 7. The topological polar surface area (TPSA) is 38.9 Å². The van der Waals surface area contributed by atoms with Gasteiger partial charge in [-0.05, 0) is 32.4 Å². The Morgan fingerprint density at radius 1 is 1.29 bits per heavy atom. The molecule has 0 fully saturated rings. The van der Waals surface area contributed by atoms with Crippen LogP contribution < -0.4 is 5.73 Å². The van der Waals surface area contributed by atoms with Crippen molar-refractivity contribution >= 4 is 23.1 Å². The van der Waals surface area contributed by atoms with E-state index in [2.05, 4.69) is 27.7 Å². The minimum absolute atomic E-state index is 0.254. The molecule has 1 aromatic rings. The third-order valence-electron chi connectivity index (χ3n) is 2.39. The van der Waals surface area contributed by atoms with Crippen LogP contribution in [0.15, 0.2) is 0 Å². The highest BCUT2D eigenvalue weighted by Gasteiger charge is 2.22. The highest BCUT2D eigenvalue weighted by Crippen LogP contribution is 2.30. The molecule has 0 saturated carbocycles. The smallest absolute Gasteiger partial charge is 0.103 e. The minimum Gasteiger partial charge on any atom is -0.321 e. The Morgan fingerprint density at radius 2 is 2.00 bits per heavy atom. The molecule has 0 saturated heterocycles. The molecule has 1 heterocycles. The quantitative estimate of drug-likeness (QED) is 0.764. The fourth-order valence-electron chi connectivity index (χ4n) is 1.68. The highest BCUT2D eigenvalue weighted by molar-refractivity contribution is 7.98. The SMILES string of the molecule is CCCSCc1nc(CCC)c(C(C)(C)N)s1. The number of aryl methyl sites for hydroxylation is 1. The molecule has 2 N–H and O–H groups in total. The number of thiazole rings is 1. The van der Waals surface area contributed by atoms with Gasteiger partial charge in [-0.15, -0.1) is 11.3 Å². The van der Waals surface area contributed by atoms with Crippen molar-refractivity contribution in [3.63, 3.8) is 0 Å². The monoisotopic (exact) mass is 272 g/mol. The lowest BCUT2D eigenvalue weighted by Crippen LogP contribution is -2.28.